The van der Waals surface area contributed by atoms with Crippen molar-refractivity contribution in [3.8, 4) is 0 Å². The van der Waals surface area contributed by atoms with Crippen molar-refractivity contribution in [3.63, 3.8) is 0 Å². The zero-order chi connectivity index (χ0) is 8.81. The molecule has 0 saturated heterocycles. The summed E-state index contributed by atoms with van der Waals surface area (Å²) in [5, 5.41) is 0.228. The molecule has 4 N–H and O–H groups in total. The number of nitrogens with zero attached hydrogens (tertiary/aromatic N) is 1. The minimum atomic E-state index is 0.228. The molecule has 1 aromatic heterocycles. The molecular formula is C7H10N4S. The SMILES string of the molecule is NC(=S)NNCc1ccccn1. The lowest BCUT2D eigenvalue weighted by atomic mass is 10.4. The number of thiocarbonyl (C=S) groups is 1. The molecule has 0 aromatic carbocycles. The molecule has 0 aliphatic heterocycles. The van der Waals surface area contributed by atoms with Crippen molar-refractivity contribution in [2.45, 2.75) is 6.54 Å². The third-order valence-corrected chi connectivity index (χ3v) is 1.31. The molecular weight excluding hydrogens is 172 g/mol. The normalized spacial score (nSPS) is 9.33. The highest BCUT2D eigenvalue weighted by molar-refractivity contribution is 7.80. The number of aromatic nitrogens is 1. The van der Waals surface area contributed by atoms with Gasteiger partial charge in [0.15, 0.2) is 5.11 Å². The summed E-state index contributed by atoms with van der Waals surface area (Å²) in [7, 11) is 0. The van der Waals surface area contributed by atoms with Crippen molar-refractivity contribution >= 4 is 17.3 Å². The average molecular weight is 182 g/mol. The molecule has 0 atom stereocenters. The van der Waals surface area contributed by atoms with E-state index in [-0.39, 0.29) is 5.11 Å². The Morgan fingerprint density at radius 1 is 1.58 bits per heavy atom. The van der Waals surface area contributed by atoms with Gasteiger partial charge < -0.3 is 5.73 Å². The van der Waals surface area contributed by atoms with E-state index in [1.165, 1.54) is 0 Å². The van der Waals surface area contributed by atoms with Gasteiger partial charge in [-0.2, -0.15) is 0 Å². The fraction of sp³-hybridized carbons (Fsp3) is 0.143. The molecule has 0 spiro atoms. The van der Waals surface area contributed by atoms with Gasteiger partial charge in [-0.25, -0.2) is 5.43 Å². The van der Waals surface area contributed by atoms with Gasteiger partial charge in [0.1, 0.15) is 0 Å². The Hall–Kier alpha value is -1.20. The van der Waals surface area contributed by atoms with Gasteiger partial charge in [0, 0.05) is 6.20 Å². The summed E-state index contributed by atoms with van der Waals surface area (Å²) in [6.07, 6.45) is 1.73. The molecule has 12 heavy (non-hydrogen) atoms. The maximum atomic E-state index is 5.19. The van der Waals surface area contributed by atoms with Crippen LogP contribution in [-0.2, 0) is 6.54 Å². The fourth-order valence-electron chi connectivity index (χ4n) is 0.725. The van der Waals surface area contributed by atoms with Crippen LogP contribution >= 0.6 is 12.2 Å². The number of pyridine rings is 1. The summed E-state index contributed by atoms with van der Waals surface area (Å²) in [5.41, 5.74) is 11.6. The predicted molar refractivity (Wildman–Crippen MR) is 51.0 cm³/mol. The third-order valence-electron chi connectivity index (χ3n) is 1.21. The average Bonchev–Trinajstić information content (AvgIpc) is 2.05. The van der Waals surface area contributed by atoms with Crippen molar-refractivity contribution in [3.05, 3.63) is 30.1 Å². The molecule has 0 amide bonds. The van der Waals surface area contributed by atoms with Crippen molar-refractivity contribution < 1.29 is 0 Å². The lowest BCUT2D eigenvalue weighted by molar-refractivity contribution is 0.644. The summed E-state index contributed by atoms with van der Waals surface area (Å²) < 4.78 is 0. The van der Waals surface area contributed by atoms with Gasteiger partial charge >= 0.3 is 0 Å². The summed E-state index contributed by atoms with van der Waals surface area (Å²) in [6.45, 7) is 0.595. The van der Waals surface area contributed by atoms with E-state index in [4.69, 9.17) is 5.73 Å². The van der Waals surface area contributed by atoms with Crippen LogP contribution in [0.1, 0.15) is 5.69 Å². The first-order valence-electron chi connectivity index (χ1n) is 3.47. The molecule has 1 rings (SSSR count). The highest BCUT2D eigenvalue weighted by Gasteiger charge is 1.90. The lowest BCUT2D eigenvalue weighted by Gasteiger charge is -2.04. The summed E-state index contributed by atoms with van der Waals surface area (Å²) in [5.74, 6) is 0. The van der Waals surface area contributed by atoms with Crippen molar-refractivity contribution in [2.75, 3.05) is 0 Å². The van der Waals surface area contributed by atoms with E-state index in [9.17, 15) is 0 Å². The Balaban J connectivity index is 2.29. The van der Waals surface area contributed by atoms with E-state index in [0.717, 1.165) is 5.69 Å². The highest BCUT2D eigenvalue weighted by Crippen LogP contribution is 1.90. The van der Waals surface area contributed by atoms with E-state index >= 15 is 0 Å². The molecule has 0 aliphatic carbocycles. The van der Waals surface area contributed by atoms with Crippen LogP contribution in [-0.4, -0.2) is 10.1 Å². The van der Waals surface area contributed by atoms with Crippen LogP contribution in [0.2, 0.25) is 0 Å². The van der Waals surface area contributed by atoms with Crippen LogP contribution in [0.15, 0.2) is 24.4 Å². The first-order valence-corrected chi connectivity index (χ1v) is 3.88. The summed E-state index contributed by atoms with van der Waals surface area (Å²) in [6, 6.07) is 5.70. The predicted octanol–water partition coefficient (Wildman–Crippen LogP) is -0.0806. The van der Waals surface area contributed by atoms with Crippen LogP contribution in [0.25, 0.3) is 0 Å². The van der Waals surface area contributed by atoms with Crippen LogP contribution in [0.4, 0.5) is 0 Å². The van der Waals surface area contributed by atoms with Gasteiger partial charge in [-0.05, 0) is 24.4 Å². The van der Waals surface area contributed by atoms with Crippen LogP contribution < -0.4 is 16.6 Å². The van der Waals surface area contributed by atoms with Crippen molar-refractivity contribution in [2.24, 2.45) is 5.73 Å². The molecule has 1 aromatic rings. The van der Waals surface area contributed by atoms with Crippen LogP contribution in [0.5, 0.6) is 0 Å². The number of nitrogens with one attached hydrogen (secondary N) is 2. The molecule has 0 bridgehead atoms. The number of hydrazine groups is 1. The number of hydrogen-bond donors (Lipinski definition) is 3. The lowest BCUT2D eigenvalue weighted by Crippen LogP contribution is -2.40. The molecule has 64 valence electrons. The van der Waals surface area contributed by atoms with Gasteiger partial charge in [0.05, 0.1) is 12.2 Å². The highest BCUT2D eigenvalue weighted by atomic mass is 32.1. The maximum absolute atomic E-state index is 5.19. The van der Waals surface area contributed by atoms with Gasteiger partial charge in [0.25, 0.3) is 0 Å². The monoisotopic (exact) mass is 182 g/mol. The molecule has 5 heteroatoms. The third kappa shape index (κ3) is 3.27. The Morgan fingerprint density at radius 3 is 3.00 bits per heavy atom. The zero-order valence-electron chi connectivity index (χ0n) is 6.45. The van der Waals surface area contributed by atoms with E-state index in [2.05, 4.69) is 28.1 Å². The largest absolute Gasteiger partial charge is 0.375 e. The van der Waals surface area contributed by atoms with Gasteiger partial charge in [-0.1, -0.05) is 6.07 Å². The van der Waals surface area contributed by atoms with Gasteiger partial charge in [-0.15, -0.1) is 0 Å². The Labute approximate surface area is 76.1 Å². The Kier molecular flexibility index (Phi) is 3.43. The van der Waals surface area contributed by atoms with E-state index in [1.807, 2.05) is 18.2 Å². The molecule has 0 fully saturated rings. The van der Waals surface area contributed by atoms with Gasteiger partial charge in [0.2, 0.25) is 0 Å². The van der Waals surface area contributed by atoms with E-state index in [1.54, 1.807) is 6.20 Å². The Bertz CT molecular complexity index is 249. The Morgan fingerprint density at radius 2 is 2.42 bits per heavy atom. The van der Waals surface area contributed by atoms with Crippen LogP contribution in [0.3, 0.4) is 0 Å². The summed E-state index contributed by atoms with van der Waals surface area (Å²) in [4.78, 5) is 4.09. The standard InChI is InChI=1S/C7H10N4S/c8-7(12)11-10-5-6-3-1-2-4-9-6/h1-4,10H,5H2,(H3,8,11,12). The van der Waals surface area contributed by atoms with Crippen LogP contribution in [0, 0.1) is 0 Å². The topological polar surface area (TPSA) is 63.0 Å². The van der Waals surface area contributed by atoms with Crippen molar-refractivity contribution in [1.82, 2.24) is 15.8 Å². The molecule has 4 nitrogen and oxygen atoms in total. The number of rotatable bonds is 3. The molecule has 0 radical (unpaired) electrons. The van der Waals surface area contributed by atoms with E-state index in [0.29, 0.717) is 6.54 Å². The zero-order valence-corrected chi connectivity index (χ0v) is 7.27. The number of nitrogens with two attached hydrogens (primary N) is 1. The molecule has 0 saturated carbocycles. The second-order valence-corrected chi connectivity index (χ2v) is 2.60. The number of hydrogen-bond acceptors (Lipinski definition) is 3. The first-order chi connectivity index (χ1) is 5.79. The minimum absolute atomic E-state index is 0.228. The van der Waals surface area contributed by atoms with Crippen molar-refractivity contribution in [1.29, 1.82) is 0 Å². The fourth-order valence-corrected chi connectivity index (χ4v) is 0.797. The van der Waals surface area contributed by atoms with E-state index < -0.39 is 0 Å². The second-order valence-electron chi connectivity index (χ2n) is 2.16. The quantitative estimate of drug-likeness (QED) is 0.451. The second kappa shape index (κ2) is 4.63. The smallest absolute Gasteiger partial charge is 0.178 e. The first kappa shape index (κ1) is 8.89. The maximum Gasteiger partial charge on any atom is 0.178 e. The molecule has 1 heterocycles. The summed E-state index contributed by atoms with van der Waals surface area (Å²) >= 11 is 4.59. The minimum Gasteiger partial charge on any atom is -0.375 e. The van der Waals surface area contributed by atoms with Gasteiger partial charge in [-0.3, -0.25) is 10.4 Å². The molecule has 0 unspecified atom stereocenters. The molecule has 0 aliphatic rings.